The predicted molar refractivity (Wildman–Crippen MR) is 111 cm³/mol. The van der Waals surface area contributed by atoms with Gasteiger partial charge in [-0.15, -0.1) is 0 Å². The molecule has 3 aromatic carbocycles. The lowest BCUT2D eigenvalue weighted by Gasteiger charge is -2.14. The first kappa shape index (κ1) is 18.5. The van der Waals surface area contributed by atoms with Gasteiger partial charge in [-0.3, -0.25) is 5.43 Å². The van der Waals surface area contributed by atoms with Crippen molar-refractivity contribution in [2.75, 3.05) is 12.5 Å². The van der Waals surface area contributed by atoms with Crippen LogP contribution in [0.25, 0.3) is 0 Å². The molecule has 0 heterocycles. The maximum atomic E-state index is 6.08. The zero-order valence-corrected chi connectivity index (χ0v) is 15.9. The van der Waals surface area contributed by atoms with E-state index in [-0.39, 0.29) is 0 Å². The predicted octanol–water partition coefficient (Wildman–Crippen LogP) is 5.34. The molecule has 0 aliphatic carbocycles. The standard InChI is InChI=1S/C23H24N2O2/c1-17-8-7-9-18(2)23(17)27-16-20-14-19(12-13-22(20)26-3)15-24-25-21-10-5-4-6-11-21/h4-15,25H,16H2,1-3H3. The number of anilines is 1. The molecule has 0 saturated heterocycles. The minimum Gasteiger partial charge on any atom is -0.496 e. The first-order chi connectivity index (χ1) is 13.2. The van der Waals surface area contributed by atoms with Gasteiger partial charge in [-0.2, -0.15) is 5.10 Å². The van der Waals surface area contributed by atoms with E-state index in [9.17, 15) is 0 Å². The molecule has 1 N–H and O–H groups in total. The van der Waals surface area contributed by atoms with Crippen LogP contribution >= 0.6 is 0 Å². The molecule has 0 bridgehead atoms. The Labute approximate surface area is 160 Å². The SMILES string of the molecule is COc1ccc(C=NNc2ccccc2)cc1COc1c(C)cccc1C. The molecular weight excluding hydrogens is 336 g/mol. The highest BCUT2D eigenvalue weighted by molar-refractivity contribution is 5.81. The van der Waals surface area contributed by atoms with E-state index in [1.165, 1.54) is 0 Å². The third-order valence-electron chi connectivity index (χ3n) is 4.27. The van der Waals surface area contributed by atoms with Crippen molar-refractivity contribution in [3.63, 3.8) is 0 Å². The summed E-state index contributed by atoms with van der Waals surface area (Å²) in [5.74, 6) is 1.72. The van der Waals surface area contributed by atoms with E-state index in [1.54, 1.807) is 13.3 Å². The second-order valence-electron chi connectivity index (χ2n) is 6.32. The Kier molecular flexibility index (Phi) is 6.10. The Hall–Kier alpha value is -3.27. The van der Waals surface area contributed by atoms with Gasteiger partial charge >= 0.3 is 0 Å². The van der Waals surface area contributed by atoms with Crippen LogP contribution in [0.15, 0.2) is 71.8 Å². The van der Waals surface area contributed by atoms with E-state index < -0.39 is 0 Å². The van der Waals surface area contributed by atoms with E-state index in [4.69, 9.17) is 9.47 Å². The lowest BCUT2D eigenvalue weighted by Crippen LogP contribution is -2.02. The lowest BCUT2D eigenvalue weighted by molar-refractivity contribution is 0.293. The first-order valence-electron chi connectivity index (χ1n) is 8.87. The van der Waals surface area contributed by atoms with Crippen LogP contribution in [-0.4, -0.2) is 13.3 Å². The van der Waals surface area contributed by atoms with Crippen molar-refractivity contribution in [2.45, 2.75) is 20.5 Å². The summed E-state index contributed by atoms with van der Waals surface area (Å²) in [7, 11) is 1.67. The van der Waals surface area contributed by atoms with Crippen LogP contribution in [0, 0.1) is 13.8 Å². The number of nitrogens with zero attached hydrogens (tertiary/aromatic N) is 1. The molecule has 4 nitrogen and oxygen atoms in total. The van der Waals surface area contributed by atoms with Crippen LogP contribution in [0.2, 0.25) is 0 Å². The van der Waals surface area contributed by atoms with Gasteiger partial charge in [-0.1, -0.05) is 36.4 Å². The average molecular weight is 360 g/mol. The van der Waals surface area contributed by atoms with Crippen molar-refractivity contribution in [1.82, 2.24) is 0 Å². The van der Waals surface area contributed by atoms with E-state index >= 15 is 0 Å². The fraction of sp³-hybridized carbons (Fsp3) is 0.174. The topological polar surface area (TPSA) is 42.8 Å². The minimum atomic E-state index is 0.433. The summed E-state index contributed by atoms with van der Waals surface area (Å²) >= 11 is 0. The van der Waals surface area contributed by atoms with Gasteiger partial charge in [-0.25, -0.2) is 0 Å². The average Bonchev–Trinajstić information content (AvgIpc) is 2.68. The summed E-state index contributed by atoms with van der Waals surface area (Å²) in [5.41, 5.74) is 8.16. The maximum absolute atomic E-state index is 6.08. The number of aryl methyl sites for hydroxylation is 2. The van der Waals surface area contributed by atoms with Crippen molar-refractivity contribution in [3.05, 3.63) is 89.0 Å². The maximum Gasteiger partial charge on any atom is 0.125 e. The van der Waals surface area contributed by atoms with Gasteiger partial charge in [0.15, 0.2) is 0 Å². The molecule has 0 radical (unpaired) electrons. The number of benzene rings is 3. The minimum absolute atomic E-state index is 0.433. The molecule has 3 rings (SSSR count). The molecule has 0 saturated carbocycles. The number of para-hydroxylation sites is 2. The molecule has 0 atom stereocenters. The Morgan fingerprint density at radius 2 is 1.67 bits per heavy atom. The number of methoxy groups -OCH3 is 1. The van der Waals surface area contributed by atoms with Crippen molar-refractivity contribution < 1.29 is 9.47 Å². The van der Waals surface area contributed by atoms with Crippen molar-refractivity contribution >= 4 is 11.9 Å². The zero-order valence-electron chi connectivity index (χ0n) is 15.9. The smallest absolute Gasteiger partial charge is 0.125 e. The third kappa shape index (κ3) is 4.88. The molecule has 3 aromatic rings. The van der Waals surface area contributed by atoms with Crippen molar-refractivity contribution in [3.8, 4) is 11.5 Å². The molecule has 27 heavy (non-hydrogen) atoms. The normalized spacial score (nSPS) is 10.8. The molecule has 0 spiro atoms. The molecule has 0 amide bonds. The van der Waals surface area contributed by atoms with Crippen molar-refractivity contribution in [2.24, 2.45) is 5.10 Å². The van der Waals surface area contributed by atoms with E-state index in [0.29, 0.717) is 6.61 Å². The largest absolute Gasteiger partial charge is 0.496 e. The van der Waals surface area contributed by atoms with Gasteiger partial charge < -0.3 is 9.47 Å². The molecule has 0 unspecified atom stereocenters. The number of hydrogen-bond donors (Lipinski definition) is 1. The van der Waals surface area contributed by atoms with E-state index in [2.05, 4.69) is 36.5 Å². The summed E-state index contributed by atoms with van der Waals surface area (Å²) in [6.45, 7) is 4.54. The van der Waals surface area contributed by atoms with E-state index in [1.807, 2.05) is 54.6 Å². The monoisotopic (exact) mass is 360 g/mol. The molecule has 0 aliphatic heterocycles. The highest BCUT2D eigenvalue weighted by Gasteiger charge is 2.08. The number of hydrazone groups is 1. The number of nitrogens with one attached hydrogen (secondary N) is 1. The summed E-state index contributed by atoms with van der Waals surface area (Å²) in [4.78, 5) is 0. The fourth-order valence-electron chi connectivity index (χ4n) is 2.86. The third-order valence-corrected chi connectivity index (χ3v) is 4.27. The van der Waals surface area contributed by atoms with Crippen LogP contribution in [0.1, 0.15) is 22.3 Å². The second kappa shape index (κ2) is 8.90. The first-order valence-corrected chi connectivity index (χ1v) is 8.87. The quantitative estimate of drug-likeness (QED) is 0.457. The van der Waals surface area contributed by atoms with Crippen LogP contribution in [0.3, 0.4) is 0 Å². The summed E-state index contributed by atoms with van der Waals surface area (Å²) < 4.78 is 11.6. The summed E-state index contributed by atoms with van der Waals surface area (Å²) in [6.07, 6.45) is 1.79. The van der Waals surface area contributed by atoms with Crippen LogP contribution in [0.4, 0.5) is 5.69 Å². The zero-order chi connectivity index (χ0) is 19.1. The summed E-state index contributed by atoms with van der Waals surface area (Å²) in [5, 5.41) is 4.30. The van der Waals surface area contributed by atoms with Gasteiger partial charge in [0.2, 0.25) is 0 Å². The fourth-order valence-corrected chi connectivity index (χ4v) is 2.86. The van der Waals surface area contributed by atoms with E-state index in [0.717, 1.165) is 39.4 Å². The van der Waals surface area contributed by atoms with Crippen LogP contribution in [-0.2, 0) is 6.61 Å². The lowest BCUT2D eigenvalue weighted by atomic mass is 10.1. The van der Waals surface area contributed by atoms with Gasteiger partial charge in [0.1, 0.15) is 18.1 Å². The van der Waals surface area contributed by atoms with Gasteiger partial charge in [0.05, 0.1) is 19.0 Å². The highest BCUT2D eigenvalue weighted by atomic mass is 16.5. The Bertz CT molecular complexity index is 901. The molecule has 138 valence electrons. The molecule has 0 aromatic heterocycles. The number of hydrogen-bond acceptors (Lipinski definition) is 4. The summed E-state index contributed by atoms with van der Waals surface area (Å²) in [6, 6.07) is 21.9. The number of rotatable bonds is 7. The highest BCUT2D eigenvalue weighted by Crippen LogP contribution is 2.26. The molecule has 0 fully saturated rings. The Morgan fingerprint density at radius 1 is 0.926 bits per heavy atom. The molecule has 0 aliphatic rings. The van der Waals surface area contributed by atoms with Gasteiger partial charge in [0.25, 0.3) is 0 Å². The molecule has 4 heteroatoms. The number of ether oxygens (including phenoxy) is 2. The van der Waals surface area contributed by atoms with Crippen molar-refractivity contribution in [1.29, 1.82) is 0 Å². The van der Waals surface area contributed by atoms with Gasteiger partial charge in [0, 0.05) is 5.56 Å². The second-order valence-corrected chi connectivity index (χ2v) is 6.32. The van der Waals surface area contributed by atoms with Crippen LogP contribution in [0.5, 0.6) is 11.5 Å². The van der Waals surface area contributed by atoms with Gasteiger partial charge in [-0.05, 0) is 60.9 Å². The van der Waals surface area contributed by atoms with Crippen LogP contribution < -0.4 is 14.9 Å². The Balaban J connectivity index is 1.73. The Morgan fingerprint density at radius 3 is 2.37 bits per heavy atom. The molecular formula is C23H24N2O2.